The van der Waals surface area contributed by atoms with E-state index in [1.54, 1.807) is 12.1 Å². The predicted octanol–water partition coefficient (Wildman–Crippen LogP) is 2.65. The number of non-ortho nitro benzene ring substituents is 1. The Labute approximate surface area is 140 Å². The van der Waals surface area contributed by atoms with Crippen molar-refractivity contribution >= 4 is 11.4 Å². The first kappa shape index (κ1) is 15.1. The Morgan fingerprint density at radius 3 is 2.50 bits per heavy atom. The summed E-state index contributed by atoms with van der Waals surface area (Å²) in [7, 11) is 2.19. The molecule has 1 aromatic heterocycles. The molecular formula is C18H20N4O2. The number of hydrogen-bond acceptors (Lipinski definition) is 5. The third-order valence-electron chi connectivity index (χ3n) is 5.13. The van der Waals surface area contributed by atoms with Crippen LogP contribution in [0.3, 0.4) is 0 Å². The molecule has 2 aromatic rings. The predicted molar refractivity (Wildman–Crippen MR) is 93.0 cm³/mol. The van der Waals surface area contributed by atoms with Crippen LogP contribution < -0.4 is 4.90 Å². The molecule has 124 valence electrons. The SMILES string of the molecule is CN1C[C@@H]2CN(c3ccc(-c4cccc([N+](=O)[O-])c4)nc3)C[C@@H]2C1. The van der Waals surface area contributed by atoms with E-state index in [1.807, 2.05) is 18.3 Å². The number of nitrogens with zero attached hydrogens (tertiary/aromatic N) is 4. The second-order valence-electron chi connectivity index (χ2n) is 6.86. The van der Waals surface area contributed by atoms with Gasteiger partial charge in [-0.05, 0) is 31.0 Å². The highest BCUT2D eigenvalue weighted by Crippen LogP contribution is 2.33. The lowest BCUT2D eigenvalue weighted by Gasteiger charge is -2.21. The first-order valence-electron chi connectivity index (χ1n) is 8.24. The molecule has 0 bridgehead atoms. The van der Waals surface area contributed by atoms with Crippen molar-refractivity contribution < 1.29 is 4.92 Å². The Bertz CT molecular complexity index is 748. The summed E-state index contributed by atoms with van der Waals surface area (Å²) >= 11 is 0. The Balaban J connectivity index is 1.51. The van der Waals surface area contributed by atoms with Crippen LogP contribution in [0.5, 0.6) is 0 Å². The summed E-state index contributed by atoms with van der Waals surface area (Å²) in [6.07, 6.45) is 1.89. The van der Waals surface area contributed by atoms with Gasteiger partial charge in [0.25, 0.3) is 5.69 Å². The Morgan fingerprint density at radius 2 is 1.88 bits per heavy atom. The van der Waals surface area contributed by atoms with E-state index in [1.165, 1.54) is 19.2 Å². The molecule has 0 N–H and O–H groups in total. The molecule has 6 heteroatoms. The van der Waals surface area contributed by atoms with Gasteiger partial charge in [-0.1, -0.05) is 12.1 Å². The highest BCUT2D eigenvalue weighted by molar-refractivity contribution is 5.64. The molecule has 2 aliphatic heterocycles. The molecule has 2 atom stereocenters. The molecule has 1 aromatic carbocycles. The Hall–Kier alpha value is -2.47. The second kappa shape index (κ2) is 5.87. The number of benzene rings is 1. The van der Waals surface area contributed by atoms with Crippen molar-refractivity contribution in [3.05, 3.63) is 52.7 Å². The first-order valence-corrected chi connectivity index (χ1v) is 8.24. The van der Waals surface area contributed by atoms with Gasteiger partial charge in [-0.25, -0.2) is 0 Å². The summed E-state index contributed by atoms with van der Waals surface area (Å²) in [5.74, 6) is 1.51. The van der Waals surface area contributed by atoms with E-state index in [9.17, 15) is 10.1 Å². The first-order chi connectivity index (χ1) is 11.6. The van der Waals surface area contributed by atoms with E-state index in [0.29, 0.717) is 0 Å². The van der Waals surface area contributed by atoms with E-state index in [2.05, 4.69) is 27.9 Å². The standard InChI is InChI=1S/C18H20N4O2/c1-20-9-14-11-21(12-15(14)10-20)17-5-6-18(19-8-17)13-3-2-4-16(7-13)22(23)24/h2-8,14-15H,9-12H2,1H3/t14-,15+. The molecule has 2 fully saturated rings. The number of fused-ring (bicyclic) bond motifs is 1. The molecule has 0 radical (unpaired) electrons. The summed E-state index contributed by atoms with van der Waals surface area (Å²) in [5.41, 5.74) is 2.77. The molecule has 0 unspecified atom stereocenters. The van der Waals surface area contributed by atoms with Gasteiger partial charge in [0.15, 0.2) is 0 Å². The highest BCUT2D eigenvalue weighted by atomic mass is 16.6. The van der Waals surface area contributed by atoms with Gasteiger partial charge in [0.1, 0.15) is 0 Å². The molecule has 0 spiro atoms. The van der Waals surface area contributed by atoms with Crippen LogP contribution in [0.15, 0.2) is 42.6 Å². The van der Waals surface area contributed by atoms with Crippen molar-refractivity contribution in [2.24, 2.45) is 11.8 Å². The van der Waals surface area contributed by atoms with E-state index < -0.39 is 0 Å². The zero-order valence-corrected chi connectivity index (χ0v) is 13.6. The Kier molecular flexibility index (Phi) is 3.69. The second-order valence-corrected chi connectivity index (χ2v) is 6.86. The number of likely N-dealkylation sites (tertiary alicyclic amines) is 1. The third kappa shape index (κ3) is 2.73. The van der Waals surface area contributed by atoms with Crippen LogP contribution in [0.4, 0.5) is 11.4 Å². The molecule has 6 nitrogen and oxygen atoms in total. The van der Waals surface area contributed by atoms with Gasteiger partial charge in [-0.3, -0.25) is 15.1 Å². The number of pyridine rings is 1. The van der Waals surface area contributed by atoms with Crippen LogP contribution >= 0.6 is 0 Å². The Morgan fingerprint density at radius 1 is 1.12 bits per heavy atom. The summed E-state index contributed by atoms with van der Waals surface area (Å²) in [4.78, 5) is 19.9. The zero-order chi connectivity index (χ0) is 16.7. The fourth-order valence-electron chi connectivity index (χ4n) is 3.96. The molecule has 0 saturated carbocycles. The van der Waals surface area contributed by atoms with Gasteiger partial charge in [-0.2, -0.15) is 0 Å². The zero-order valence-electron chi connectivity index (χ0n) is 13.6. The van der Waals surface area contributed by atoms with E-state index in [4.69, 9.17) is 0 Å². The quantitative estimate of drug-likeness (QED) is 0.641. The number of nitro benzene ring substituents is 1. The summed E-state index contributed by atoms with van der Waals surface area (Å²) in [6, 6.07) is 10.6. The van der Waals surface area contributed by atoms with Gasteiger partial charge < -0.3 is 9.80 Å². The van der Waals surface area contributed by atoms with Crippen molar-refractivity contribution in [1.29, 1.82) is 0 Å². The highest BCUT2D eigenvalue weighted by Gasteiger charge is 2.38. The average molecular weight is 324 g/mol. The van der Waals surface area contributed by atoms with Crippen LogP contribution in [-0.4, -0.2) is 48.0 Å². The maximum absolute atomic E-state index is 10.9. The normalized spacial score (nSPS) is 23.5. The summed E-state index contributed by atoms with van der Waals surface area (Å²) in [5, 5.41) is 10.9. The minimum absolute atomic E-state index is 0.0925. The third-order valence-corrected chi connectivity index (χ3v) is 5.13. The summed E-state index contributed by atoms with van der Waals surface area (Å²) in [6.45, 7) is 4.54. The molecule has 2 aliphatic rings. The van der Waals surface area contributed by atoms with E-state index >= 15 is 0 Å². The lowest BCUT2D eigenvalue weighted by atomic mass is 10.0. The van der Waals surface area contributed by atoms with Crippen LogP contribution in [0.1, 0.15) is 0 Å². The van der Waals surface area contributed by atoms with Gasteiger partial charge >= 0.3 is 0 Å². The molecule has 2 saturated heterocycles. The maximum atomic E-state index is 10.9. The fraction of sp³-hybridized carbons (Fsp3) is 0.389. The van der Waals surface area contributed by atoms with E-state index in [-0.39, 0.29) is 10.6 Å². The van der Waals surface area contributed by atoms with Crippen LogP contribution in [0, 0.1) is 22.0 Å². The van der Waals surface area contributed by atoms with Crippen LogP contribution in [0.25, 0.3) is 11.3 Å². The van der Waals surface area contributed by atoms with Crippen molar-refractivity contribution in [2.75, 3.05) is 38.1 Å². The number of nitro groups is 1. The van der Waals surface area contributed by atoms with Crippen molar-refractivity contribution in [2.45, 2.75) is 0 Å². The maximum Gasteiger partial charge on any atom is 0.270 e. The number of aromatic nitrogens is 1. The minimum Gasteiger partial charge on any atom is -0.370 e. The van der Waals surface area contributed by atoms with Crippen molar-refractivity contribution in [3.63, 3.8) is 0 Å². The largest absolute Gasteiger partial charge is 0.370 e. The van der Waals surface area contributed by atoms with Gasteiger partial charge in [-0.15, -0.1) is 0 Å². The molecular weight excluding hydrogens is 304 g/mol. The van der Waals surface area contributed by atoms with Crippen LogP contribution in [-0.2, 0) is 0 Å². The molecule has 4 rings (SSSR count). The smallest absolute Gasteiger partial charge is 0.270 e. The topological polar surface area (TPSA) is 62.5 Å². The lowest BCUT2D eigenvalue weighted by Crippen LogP contribution is -2.26. The van der Waals surface area contributed by atoms with E-state index in [0.717, 1.165) is 41.9 Å². The number of rotatable bonds is 3. The van der Waals surface area contributed by atoms with Gasteiger partial charge in [0.05, 0.1) is 22.5 Å². The minimum atomic E-state index is -0.377. The average Bonchev–Trinajstić information content (AvgIpc) is 3.12. The summed E-state index contributed by atoms with van der Waals surface area (Å²) < 4.78 is 0. The molecule has 0 amide bonds. The number of anilines is 1. The number of hydrogen-bond donors (Lipinski definition) is 0. The van der Waals surface area contributed by atoms with Gasteiger partial charge in [0, 0.05) is 43.9 Å². The molecule has 24 heavy (non-hydrogen) atoms. The fourth-order valence-corrected chi connectivity index (χ4v) is 3.96. The van der Waals surface area contributed by atoms with Gasteiger partial charge in [0.2, 0.25) is 0 Å². The van der Waals surface area contributed by atoms with Crippen LogP contribution in [0.2, 0.25) is 0 Å². The van der Waals surface area contributed by atoms with Crippen molar-refractivity contribution in [1.82, 2.24) is 9.88 Å². The van der Waals surface area contributed by atoms with Crippen molar-refractivity contribution in [3.8, 4) is 11.3 Å². The molecule has 3 heterocycles. The monoisotopic (exact) mass is 324 g/mol. The lowest BCUT2D eigenvalue weighted by molar-refractivity contribution is -0.384. The molecule has 0 aliphatic carbocycles.